The molecule has 0 fully saturated rings. The quantitative estimate of drug-likeness (QED) is 0.500. The van der Waals surface area contributed by atoms with E-state index in [9.17, 15) is 0 Å². The second kappa shape index (κ2) is 8.88. The Bertz CT molecular complexity index is 51.6. The molecule has 0 aliphatic heterocycles. The molecule has 0 aromatic heterocycles. The van der Waals surface area contributed by atoms with Crippen LogP contribution in [-0.2, 0) is 4.74 Å². The number of unbranched alkanes of at least 4 members (excludes halogenated alkanes) is 2. The fourth-order valence-corrected chi connectivity index (χ4v) is 0.711. The third-order valence-corrected chi connectivity index (χ3v) is 1.25. The van der Waals surface area contributed by atoms with Gasteiger partial charge in [0.05, 0.1) is 6.61 Å². The first-order valence-corrected chi connectivity index (χ1v) is 3.89. The van der Waals surface area contributed by atoms with E-state index < -0.39 is 0 Å². The van der Waals surface area contributed by atoms with Crippen LogP contribution in [0.3, 0.4) is 0 Å². The zero-order valence-electron chi connectivity index (χ0n) is 6.51. The van der Waals surface area contributed by atoms with Gasteiger partial charge in [0.1, 0.15) is 0 Å². The number of ether oxygens (including phenoxy) is 1. The summed E-state index contributed by atoms with van der Waals surface area (Å²) in [5, 5.41) is 0. The van der Waals surface area contributed by atoms with Gasteiger partial charge in [-0.05, 0) is 25.8 Å². The van der Waals surface area contributed by atoms with E-state index in [1.807, 2.05) is 0 Å². The number of hydrogen-bond acceptors (Lipinski definition) is 3. The second-order valence-corrected chi connectivity index (χ2v) is 2.25. The van der Waals surface area contributed by atoms with Crippen molar-refractivity contribution in [1.29, 1.82) is 0 Å². The molecule has 0 aromatic carbocycles. The highest BCUT2D eigenvalue weighted by Crippen LogP contribution is 1.92. The highest BCUT2D eigenvalue weighted by molar-refractivity contribution is 4.41. The van der Waals surface area contributed by atoms with Gasteiger partial charge in [0.25, 0.3) is 0 Å². The lowest BCUT2D eigenvalue weighted by molar-refractivity contribution is 0.137. The third-order valence-electron chi connectivity index (χ3n) is 1.25. The Morgan fingerprint density at radius 2 is 1.60 bits per heavy atom. The lowest BCUT2D eigenvalue weighted by Crippen LogP contribution is -2.09. The molecule has 0 unspecified atom stereocenters. The minimum Gasteiger partial charge on any atom is -0.380 e. The number of nitrogens with two attached hydrogens (primary N) is 2. The molecule has 0 aliphatic carbocycles. The molecule has 62 valence electrons. The van der Waals surface area contributed by atoms with E-state index in [0.29, 0.717) is 13.2 Å². The maximum atomic E-state index is 5.31. The Morgan fingerprint density at radius 1 is 0.800 bits per heavy atom. The van der Waals surface area contributed by atoms with E-state index in [1.54, 1.807) is 0 Å². The zero-order valence-corrected chi connectivity index (χ0v) is 6.51. The molecule has 0 atom stereocenters. The monoisotopic (exact) mass is 146 g/mol. The van der Waals surface area contributed by atoms with Gasteiger partial charge in [-0.25, -0.2) is 0 Å². The fourth-order valence-electron chi connectivity index (χ4n) is 0.711. The molecular formula is C7H18N2O. The van der Waals surface area contributed by atoms with Crippen LogP contribution in [0, 0.1) is 0 Å². The predicted octanol–water partition coefficient (Wildman–Crippen LogP) is 0.0907. The van der Waals surface area contributed by atoms with Gasteiger partial charge < -0.3 is 16.2 Å². The second-order valence-electron chi connectivity index (χ2n) is 2.25. The highest BCUT2D eigenvalue weighted by Gasteiger charge is 1.86. The van der Waals surface area contributed by atoms with Crippen molar-refractivity contribution in [2.75, 3.05) is 26.3 Å². The van der Waals surface area contributed by atoms with E-state index in [0.717, 1.165) is 26.0 Å². The summed E-state index contributed by atoms with van der Waals surface area (Å²) in [7, 11) is 0. The average Bonchev–Trinajstić information content (AvgIpc) is 1.97. The highest BCUT2D eigenvalue weighted by atomic mass is 16.5. The number of rotatable bonds is 7. The average molecular weight is 146 g/mol. The summed E-state index contributed by atoms with van der Waals surface area (Å²) in [5.41, 5.74) is 10.5. The Balaban J connectivity index is 2.65. The molecule has 0 heterocycles. The maximum absolute atomic E-state index is 5.31. The molecule has 0 radical (unpaired) electrons. The van der Waals surface area contributed by atoms with Crippen molar-refractivity contribution in [3.05, 3.63) is 0 Å². The summed E-state index contributed by atoms with van der Waals surface area (Å²) in [6.45, 7) is 2.92. The summed E-state index contributed by atoms with van der Waals surface area (Å²) >= 11 is 0. The molecule has 3 heteroatoms. The molecule has 0 aliphatic rings. The van der Waals surface area contributed by atoms with E-state index in [1.165, 1.54) is 6.42 Å². The van der Waals surface area contributed by atoms with Crippen LogP contribution in [0.1, 0.15) is 19.3 Å². The van der Waals surface area contributed by atoms with Crippen LogP contribution in [0.4, 0.5) is 0 Å². The van der Waals surface area contributed by atoms with Crippen LogP contribution < -0.4 is 11.5 Å². The first kappa shape index (κ1) is 9.88. The van der Waals surface area contributed by atoms with Crippen LogP contribution in [0.5, 0.6) is 0 Å². The molecule has 0 bridgehead atoms. The fraction of sp³-hybridized carbons (Fsp3) is 1.00. The van der Waals surface area contributed by atoms with Gasteiger partial charge in [-0.15, -0.1) is 0 Å². The lowest BCUT2D eigenvalue weighted by Gasteiger charge is -2.00. The van der Waals surface area contributed by atoms with Crippen molar-refractivity contribution in [3.63, 3.8) is 0 Å². The molecule has 0 saturated carbocycles. The van der Waals surface area contributed by atoms with Crippen molar-refractivity contribution in [1.82, 2.24) is 0 Å². The zero-order chi connectivity index (χ0) is 7.66. The molecule has 0 aromatic rings. The smallest absolute Gasteiger partial charge is 0.0588 e. The van der Waals surface area contributed by atoms with Gasteiger partial charge in [0, 0.05) is 13.2 Å². The first-order valence-electron chi connectivity index (χ1n) is 3.89. The first-order chi connectivity index (χ1) is 4.91. The van der Waals surface area contributed by atoms with Crippen LogP contribution in [-0.4, -0.2) is 26.3 Å². The molecule has 0 amide bonds. The van der Waals surface area contributed by atoms with Gasteiger partial charge in [-0.3, -0.25) is 0 Å². The van der Waals surface area contributed by atoms with Gasteiger partial charge in [0.2, 0.25) is 0 Å². The van der Waals surface area contributed by atoms with Crippen molar-refractivity contribution >= 4 is 0 Å². The van der Waals surface area contributed by atoms with Crippen molar-refractivity contribution in [3.8, 4) is 0 Å². The van der Waals surface area contributed by atoms with Gasteiger partial charge in [-0.2, -0.15) is 0 Å². The predicted molar refractivity (Wildman–Crippen MR) is 42.8 cm³/mol. The summed E-state index contributed by atoms with van der Waals surface area (Å²) < 4.78 is 5.16. The van der Waals surface area contributed by atoms with Gasteiger partial charge in [-0.1, -0.05) is 0 Å². The molecular weight excluding hydrogens is 128 g/mol. The SMILES string of the molecule is NCCCCCOCCN. The molecule has 3 nitrogen and oxygen atoms in total. The maximum Gasteiger partial charge on any atom is 0.0588 e. The Morgan fingerprint density at radius 3 is 2.20 bits per heavy atom. The molecule has 10 heavy (non-hydrogen) atoms. The third kappa shape index (κ3) is 7.88. The minimum atomic E-state index is 0.622. The normalized spacial score (nSPS) is 10.2. The topological polar surface area (TPSA) is 61.3 Å². The van der Waals surface area contributed by atoms with Crippen LogP contribution in [0.15, 0.2) is 0 Å². The minimum absolute atomic E-state index is 0.622. The summed E-state index contributed by atoms with van der Waals surface area (Å²) in [6, 6.07) is 0. The summed E-state index contributed by atoms with van der Waals surface area (Å²) in [5.74, 6) is 0. The number of hydrogen-bond donors (Lipinski definition) is 2. The van der Waals surface area contributed by atoms with Crippen LogP contribution >= 0.6 is 0 Å². The Labute approximate surface area is 62.7 Å². The van der Waals surface area contributed by atoms with E-state index in [4.69, 9.17) is 16.2 Å². The van der Waals surface area contributed by atoms with Gasteiger partial charge in [0.15, 0.2) is 0 Å². The van der Waals surface area contributed by atoms with E-state index >= 15 is 0 Å². The van der Waals surface area contributed by atoms with E-state index in [2.05, 4.69) is 0 Å². The Hall–Kier alpha value is -0.120. The van der Waals surface area contributed by atoms with Crippen LogP contribution in [0.2, 0.25) is 0 Å². The standard InChI is InChI=1S/C7H18N2O/c8-4-2-1-3-6-10-7-5-9/h1-9H2. The summed E-state index contributed by atoms with van der Waals surface area (Å²) in [6.07, 6.45) is 3.38. The Kier molecular flexibility index (Phi) is 8.77. The lowest BCUT2D eigenvalue weighted by atomic mass is 10.2. The largest absolute Gasteiger partial charge is 0.380 e. The van der Waals surface area contributed by atoms with Gasteiger partial charge >= 0.3 is 0 Å². The molecule has 0 spiro atoms. The van der Waals surface area contributed by atoms with Crippen molar-refractivity contribution in [2.24, 2.45) is 11.5 Å². The molecule has 0 rings (SSSR count). The van der Waals surface area contributed by atoms with Crippen molar-refractivity contribution < 1.29 is 4.74 Å². The summed E-state index contributed by atoms with van der Waals surface area (Å²) in [4.78, 5) is 0. The van der Waals surface area contributed by atoms with E-state index in [-0.39, 0.29) is 0 Å². The molecule has 4 N–H and O–H groups in total. The van der Waals surface area contributed by atoms with Crippen LogP contribution in [0.25, 0.3) is 0 Å². The molecule has 0 saturated heterocycles. The van der Waals surface area contributed by atoms with Crippen molar-refractivity contribution in [2.45, 2.75) is 19.3 Å².